The first-order valence-electron chi connectivity index (χ1n) is 13.7. The molecule has 0 fully saturated rings. The predicted octanol–water partition coefficient (Wildman–Crippen LogP) is 5.07. The van der Waals surface area contributed by atoms with Crippen molar-refractivity contribution < 1.29 is 68.2 Å². The Bertz CT molecular complexity index is 1520. The Morgan fingerprint density at radius 2 is 0.818 bits per heavy atom. The zero-order valence-corrected chi connectivity index (χ0v) is 29.0. The van der Waals surface area contributed by atoms with Crippen molar-refractivity contribution in [2.24, 2.45) is 0 Å². The van der Waals surface area contributed by atoms with Crippen molar-refractivity contribution in [1.29, 1.82) is 0 Å². The van der Waals surface area contributed by atoms with Gasteiger partial charge in [0.2, 0.25) is 0 Å². The van der Waals surface area contributed by atoms with Crippen LogP contribution in [0.3, 0.4) is 0 Å². The summed E-state index contributed by atoms with van der Waals surface area (Å²) in [6.07, 6.45) is 20.0. The van der Waals surface area contributed by atoms with Crippen molar-refractivity contribution in [3.8, 4) is 22.3 Å². The Balaban J connectivity index is 0.000000314. The fourth-order valence-corrected chi connectivity index (χ4v) is 4.58. The molecule has 2 aliphatic rings. The van der Waals surface area contributed by atoms with Crippen molar-refractivity contribution >= 4 is 21.5 Å². The van der Waals surface area contributed by atoms with Crippen molar-refractivity contribution in [2.75, 3.05) is 0 Å². The van der Waals surface area contributed by atoms with Crippen LogP contribution in [0.1, 0.15) is 12.8 Å². The molecule has 0 heterocycles. The van der Waals surface area contributed by atoms with E-state index in [9.17, 15) is 0 Å². The van der Waals surface area contributed by atoms with Gasteiger partial charge in [-0.3, -0.25) is 12.2 Å². The molecule has 6 aromatic carbocycles. The molecule has 0 saturated heterocycles. The molecule has 0 spiro atoms. The normalized spacial score (nSPS) is 11.3. The largest absolute Gasteiger partial charge is 2.00 e. The Labute approximate surface area is 304 Å². The van der Waals surface area contributed by atoms with Gasteiger partial charge in [-0.15, -0.1) is 81.9 Å². The number of benzene rings is 4. The molecular formula is C40H32Cl2Ti2-2. The summed E-state index contributed by atoms with van der Waals surface area (Å²) >= 11 is 0. The predicted molar refractivity (Wildman–Crippen MR) is 173 cm³/mol. The number of fused-ring (bicyclic) bond motifs is 2. The number of hydrogen-bond acceptors (Lipinski definition) is 0. The first-order chi connectivity index (χ1) is 19.9. The van der Waals surface area contributed by atoms with Gasteiger partial charge < -0.3 is 24.8 Å². The van der Waals surface area contributed by atoms with Gasteiger partial charge in [-0.2, -0.15) is 12.2 Å². The van der Waals surface area contributed by atoms with E-state index in [2.05, 4.69) is 146 Å². The van der Waals surface area contributed by atoms with E-state index in [1.165, 1.54) is 43.8 Å². The van der Waals surface area contributed by atoms with E-state index in [4.69, 9.17) is 0 Å². The van der Waals surface area contributed by atoms with E-state index in [0.717, 1.165) is 12.8 Å². The Morgan fingerprint density at radius 1 is 0.455 bits per heavy atom. The van der Waals surface area contributed by atoms with E-state index < -0.39 is 0 Å². The molecule has 0 N–H and O–H groups in total. The van der Waals surface area contributed by atoms with Crippen LogP contribution < -0.4 is 24.8 Å². The fraction of sp³-hybridized carbons (Fsp3) is 0.0500. The summed E-state index contributed by atoms with van der Waals surface area (Å²) in [5.41, 5.74) is 5.18. The van der Waals surface area contributed by atoms with Crippen LogP contribution in [0.5, 0.6) is 0 Å². The maximum absolute atomic E-state index is 2.99. The molecular weight excluding hydrogens is 647 g/mol. The molecule has 6 aromatic rings. The second-order valence-corrected chi connectivity index (χ2v) is 9.48. The van der Waals surface area contributed by atoms with Gasteiger partial charge in [0.05, 0.1) is 0 Å². The van der Waals surface area contributed by atoms with E-state index >= 15 is 0 Å². The SMILES string of the molecule is [C-]1=CC=CC1.[C-]1=CC=CC1.[Cl-].[Cl-].[Ti+2].[Ti+2].c1ccc(-c2cc3ccccc3[cH-]2)cc1.c1ccc(-c2cc3ccccc3[cH-]2)cc1. The summed E-state index contributed by atoms with van der Waals surface area (Å²) in [5.74, 6) is 0. The van der Waals surface area contributed by atoms with Crippen LogP contribution in [0, 0.1) is 12.2 Å². The molecule has 0 unspecified atom stereocenters. The molecule has 0 aliphatic heterocycles. The van der Waals surface area contributed by atoms with Crippen molar-refractivity contribution in [1.82, 2.24) is 0 Å². The van der Waals surface area contributed by atoms with Gasteiger partial charge in [-0.25, -0.2) is 24.3 Å². The van der Waals surface area contributed by atoms with Crippen LogP contribution in [0.2, 0.25) is 0 Å². The minimum Gasteiger partial charge on any atom is -1.00 e. The Morgan fingerprint density at radius 3 is 1.11 bits per heavy atom. The minimum absolute atomic E-state index is 0. The maximum atomic E-state index is 2.99. The fourth-order valence-electron chi connectivity index (χ4n) is 4.58. The second-order valence-electron chi connectivity index (χ2n) is 9.48. The smallest absolute Gasteiger partial charge is 1.00 e. The molecule has 0 nitrogen and oxygen atoms in total. The number of hydrogen-bond donors (Lipinski definition) is 0. The van der Waals surface area contributed by atoms with E-state index in [1.54, 1.807) is 0 Å². The average molecular weight is 679 g/mol. The number of rotatable bonds is 2. The Kier molecular flexibility index (Phi) is 19.3. The van der Waals surface area contributed by atoms with Gasteiger partial charge in [0.25, 0.3) is 0 Å². The van der Waals surface area contributed by atoms with Crippen LogP contribution in [0.25, 0.3) is 43.8 Å². The van der Waals surface area contributed by atoms with Crippen LogP contribution in [-0.4, -0.2) is 0 Å². The Hall–Kier alpha value is -2.93. The van der Waals surface area contributed by atoms with Gasteiger partial charge in [0.15, 0.2) is 0 Å². The monoisotopic (exact) mass is 678 g/mol. The second kappa shape index (κ2) is 21.7. The first kappa shape index (κ1) is 39.1. The first-order valence-corrected chi connectivity index (χ1v) is 13.7. The van der Waals surface area contributed by atoms with Crippen molar-refractivity contribution in [3.05, 3.63) is 182 Å². The number of allylic oxidation sites excluding steroid dienone is 8. The summed E-state index contributed by atoms with van der Waals surface area (Å²) in [6, 6.07) is 46.9. The third kappa shape index (κ3) is 11.9. The van der Waals surface area contributed by atoms with Crippen LogP contribution in [0.15, 0.2) is 170 Å². The van der Waals surface area contributed by atoms with Gasteiger partial charge in [-0.05, 0) is 0 Å². The van der Waals surface area contributed by atoms with Gasteiger partial charge in [-0.1, -0.05) is 108 Å². The number of halogens is 2. The zero-order valence-electron chi connectivity index (χ0n) is 24.3. The third-order valence-electron chi connectivity index (χ3n) is 6.62. The summed E-state index contributed by atoms with van der Waals surface area (Å²) in [6.45, 7) is 0. The van der Waals surface area contributed by atoms with Crippen LogP contribution in [-0.2, 0) is 43.4 Å². The quantitative estimate of drug-likeness (QED) is 0.177. The zero-order chi connectivity index (χ0) is 27.2. The standard InChI is InChI=1S/2C15H11.2C5H5.2ClH.2Ti/c2*1-2-6-12(7-3-1)15-10-13-8-4-5-9-14(13)11-15;2*1-2-4-5-3-1;;;;/h2*1-11H;2*1-3H,4H2;2*1H;;/q4*-1;;;2*+2/p-2. The summed E-state index contributed by atoms with van der Waals surface area (Å²) < 4.78 is 0. The van der Waals surface area contributed by atoms with E-state index in [1.807, 2.05) is 36.4 Å². The average Bonchev–Trinajstić information content (AvgIpc) is 3.86. The summed E-state index contributed by atoms with van der Waals surface area (Å²) in [7, 11) is 0. The van der Waals surface area contributed by atoms with Crippen molar-refractivity contribution in [2.45, 2.75) is 12.8 Å². The van der Waals surface area contributed by atoms with E-state index in [0.29, 0.717) is 0 Å². The molecule has 8 rings (SSSR count). The van der Waals surface area contributed by atoms with Crippen LogP contribution in [0.4, 0.5) is 0 Å². The minimum atomic E-state index is 0. The molecule has 0 amide bonds. The van der Waals surface area contributed by atoms with Gasteiger partial charge in [0.1, 0.15) is 0 Å². The molecule has 0 aromatic heterocycles. The van der Waals surface area contributed by atoms with E-state index in [-0.39, 0.29) is 68.2 Å². The maximum Gasteiger partial charge on any atom is 2.00 e. The van der Waals surface area contributed by atoms with Crippen LogP contribution >= 0.6 is 0 Å². The molecule has 44 heavy (non-hydrogen) atoms. The topological polar surface area (TPSA) is 0 Å². The summed E-state index contributed by atoms with van der Waals surface area (Å²) in [5, 5.41) is 5.26. The molecule has 0 radical (unpaired) electrons. The molecule has 216 valence electrons. The molecule has 0 saturated carbocycles. The van der Waals surface area contributed by atoms with Crippen molar-refractivity contribution in [3.63, 3.8) is 0 Å². The van der Waals surface area contributed by atoms with Gasteiger partial charge in [0, 0.05) is 0 Å². The molecule has 0 bridgehead atoms. The molecule has 2 aliphatic carbocycles. The van der Waals surface area contributed by atoms with Gasteiger partial charge >= 0.3 is 43.4 Å². The summed E-state index contributed by atoms with van der Waals surface area (Å²) in [4.78, 5) is 0. The molecule has 4 heteroatoms. The molecule has 0 atom stereocenters. The third-order valence-corrected chi connectivity index (χ3v) is 6.62.